The van der Waals surface area contributed by atoms with Crippen molar-refractivity contribution in [1.29, 1.82) is 0 Å². The van der Waals surface area contributed by atoms with Crippen molar-refractivity contribution in [3.8, 4) is 23.0 Å². The van der Waals surface area contributed by atoms with E-state index in [1.54, 1.807) is 41.3 Å². The molecule has 0 bridgehead atoms. The van der Waals surface area contributed by atoms with E-state index in [-0.39, 0.29) is 76.6 Å². The highest BCUT2D eigenvalue weighted by Crippen LogP contribution is 2.42. The lowest BCUT2D eigenvalue weighted by molar-refractivity contribution is -0.199. The van der Waals surface area contributed by atoms with Gasteiger partial charge in [-0.2, -0.15) is 0 Å². The number of methoxy groups -OCH3 is 1. The number of rotatable bonds is 19. The van der Waals surface area contributed by atoms with Crippen molar-refractivity contribution in [2.24, 2.45) is 9.98 Å². The fourth-order valence-electron chi connectivity index (χ4n) is 8.37. The van der Waals surface area contributed by atoms with Gasteiger partial charge in [0, 0.05) is 68.4 Å². The summed E-state index contributed by atoms with van der Waals surface area (Å²) in [6.45, 7) is 2.71. The zero-order chi connectivity index (χ0) is 45.7. The van der Waals surface area contributed by atoms with Gasteiger partial charge in [0.05, 0.1) is 80.2 Å². The standard InChI is InChI=1S/C48H47N5O13/c1-29-18-35-37(23-41(29)64-13-5-14-65-43-24-38-36(22-42(43)59-2)48(58)51-32(25-50-38)19-30-6-3-4-7-39(30)51)49-26-33-20-31-8-9-34(21-40(31)52(33)47(35)57)63-17-16-61-28-62-27-60-15-12-46(56)66-53-44(54)10-11-45(53)55/h3-4,6-9,18,21-26,32-33H,5,10-17,19-20,27-28H2,1-2H3/t32-,33-/m0/s1. The van der Waals surface area contributed by atoms with E-state index in [0.29, 0.717) is 83.0 Å². The normalized spacial score (nSPS) is 17.7. The second kappa shape index (κ2) is 19.5. The van der Waals surface area contributed by atoms with E-state index in [1.807, 2.05) is 61.7 Å². The monoisotopic (exact) mass is 901 g/mol. The van der Waals surface area contributed by atoms with E-state index < -0.39 is 17.8 Å². The number of hydrogen-bond acceptors (Lipinski definition) is 15. The number of imide groups is 1. The van der Waals surface area contributed by atoms with E-state index >= 15 is 0 Å². The summed E-state index contributed by atoms with van der Waals surface area (Å²) in [5, 5.41) is 0.492. The lowest BCUT2D eigenvalue weighted by atomic mass is 10.1. The molecule has 66 heavy (non-hydrogen) atoms. The van der Waals surface area contributed by atoms with Crippen molar-refractivity contribution in [1.82, 2.24) is 5.06 Å². The third-order valence-electron chi connectivity index (χ3n) is 11.6. The minimum absolute atomic E-state index is 0.0240. The van der Waals surface area contributed by atoms with Crippen LogP contribution in [0.3, 0.4) is 0 Å². The van der Waals surface area contributed by atoms with Crippen LogP contribution in [0.25, 0.3) is 0 Å². The van der Waals surface area contributed by atoms with Crippen molar-refractivity contribution >= 4 is 64.8 Å². The molecule has 0 aromatic heterocycles. The van der Waals surface area contributed by atoms with Crippen molar-refractivity contribution in [3.05, 3.63) is 94.5 Å². The smallest absolute Gasteiger partial charge is 0.335 e. The Labute approximate surface area is 379 Å². The maximum atomic E-state index is 14.1. The Balaban J connectivity index is 0.723. The topological polar surface area (TPSA) is 194 Å². The highest BCUT2D eigenvalue weighted by molar-refractivity contribution is 6.16. The van der Waals surface area contributed by atoms with E-state index in [4.69, 9.17) is 48.0 Å². The SMILES string of the molecule is COc1cc2c(cc1OCCCOc1cc3c(cc1C)C(=O)N1c4cc(OCCOCOCOCCC(=O)ON5C(=O)CCC5=O)ccc4C[C@H]1C=N3)N=C[C@@H]1Cc3ccccc3N1C2=O. The molecule has 342 valence electrons. The molecule has 1 saturated heterocycles. The molecular formula is C48H47N5O13. The number of para-hydroxylation sites is 1. The average molecular weight is 902 g/mol. The number of anilines is 2. The number of carbonyl (C=O) groups is 5. The third-order valence-corrected chi connectivity index (χ3v) is 11.6. The fraction of sp³-hybridized carbons (Fsp3) is 0.354. The molecule has 0 saturated carbocycles. The first-order chi connectivity index (χ1) is 32.2. The number of ether oxygens (including phenoxy) is 7. The molecule has 0 spiro atoms. The minimum Gasteiger partial charge on any atom is -0.493 e. The van der Waals surface area contributed by atoms with E-state index in [0.717, 1.165) is 28.1 Å². The molecule has 18 nitrogen and oxygen atoms in total. The van der Waals surface area contributed by atoms with Crippen LogP contribution in [0.4, 0.5) is 22.7 Å². The first-order valence-corrected chi connectivity index (χ1v) is 21.7. The first-order valence-electron chi connectivity index (χ1n) is 21.7. The predicted octanol–water partition coefficient (Wildman–Crippen LogP) is 5.77. The maximum absolute atomic E-state index is 14.1. The summed E-state index contributed by atoms with van der Waals surface area (Å²) < 4.78 is 39.8. The Kier molecular flexibility index (Phi) is 13.0. The van der Waals surface area contributed by atoms with Crippen LogP contribution in [0.2, 0.25) is 0 Å². The molecule has 9 rings (SSSR count). The fourth-order valence-corrected chi connectivity index (χ4v) is 8.37. The van der Waals surface area contributed by atoms with Gasteiger partial charge >= 0.3 is 5.97 Å². The van der Waals surface area contributed by atoms with Crippen LogP contribution >= 0.6 is 0 Å². The third kappa shape index (κ3) is 9.20. The number of benzene rings is 4. The second-order valence-electron chi connectivity index (χ2n) is 16.0. The van der Waals surface area contributed by atoms with Gasteiger partial charge in [-0.25, -0.2) is 4.79 Å². The average Bonchev–Trinajstić information content (AvgIpc) is 3.93. The molecule has 4 amide bonds. The number of aryl methyl sites for hydroxylation is 1. The van der Waals surface area contributed by atoms with Gasteiger partial charge in [0.15, 0.2) is 11.5 Å². The predicted molar refractivity (Wildman–Crippen MR) is 238 cm³/mol. The Morgan fingerprint density at radius 1 is 0.652 bits per heavy atom. The first kappa shape index (κ1) is 44.1. The minimum atomic E-state index is -0.761. The van der Waals surface area contributed by atoms with Crippen molar-refractivity contribution < 1.29 is 62.0 Å². The van der Waals surface area contributed by atoms with Gasteiger partial charge in [-0.05, 0) is 47.9 Å². The highest BCUT2D eigenvalue weighted by Gasteiger charge is 2.38. The molecule has 4 aromatic rings. The zero-order valence-electron chi connectivity index (χ0n) is 36.4. The number of nitrogens with zero attached hydrogens (tertiary/aromatic N) is 5. The largest absolute Gasteiger partial charge is 0.493 e. The number of hydrogen-bond donors (Lipinski definition) is 0. The Morgan fingerprint density at radius 2 is 1.29 bits per heavy atom. The molecule has 0 unspecified atom stereocenters. The zero-order valence-corrected chi connectivity index (χ0v) is 36.4. The van der Waals surface area contributed by atoms with Gasteiger partial charge in [0.1, 0.15) is 31.7 Å². The van der Waals surface area contributed by atoms with Gasteiger partial charge in [0.2, 0.25) is 0 Å². The van der Waals surface area contributed by atoms with Crippen LogP contribution in [-0.4, -0.2) is 113 Å². The van der Waals surface area contributed by atoms with Crippen LogP contribution in [0.15, 0.2) is 76.7 Å². The van der Waals surface area contributed by atoms with Gasteiger partial charge in [-0.15, -0.1) is 5.06 Å². The van der Waals surface area contributed by atoms with Crippen LogP contribution in [0, 0.1) is 6.92 Å². The number of fused-ring (bicyclic) bond motifs is 8. The number of carbonyl (C=O) groups excluding carboxylic acids is 5. The van der Waals surface area contributed by atoms with E-state index in [1.165, 1.54) is 0 Å². The molecule has 0 radical (unpaired) electrons. The van der Waals surface area contributed by atoms with Gasteiger partial charge in [-0.3, -0.25) is 39.0 Å². The van der Waals surface area contributed by atoms with Crippen molar-refractivity contribution in [2.45, 2.75) is 57.5 Å². The van der Waals surface area contributed by atoms with Crippen LogP contribution in [0.5, 0.6) is 23.0 Å². The number of hydroxylamine groups is 2. The lowest BCUT2D eigenvalue weighted by Crippen LogP contribution is -2.37. The molecule has 5 aliphatic heterocycles. The van der Waals surface area contributed by atoms with Crippen LogP contribution in [0.1, 0.15) is 63.1 Å². The summed E-state index contributed by atoms with van der Waals surface area (Å²) in [5.74, 6) is -0.0493. The summed E-state index contributed by atoms with van der Waals surface area (Å²) in [5.41, 5.74) is 6.52. The summed E-state index contributed by atoms with van der Waals surface area (Å²) in [6, 6.07) is 20.2. The Bertz CT molecular complexity index is 2620. The van der Waals surface area contributed by atoms with Crippen molar-refractivity contribution in [2.75, 3.05) is 63.5 Å². The second-order valence-corrected chi connectivity index (χ2v) is 16.0. The highest BCUT2D eigenvalue weighted by atomic mass is 16.7. The molecule has 4 aromatic carbocycles. The van der Waals surface area contributed by atoms with E-state index in [9.17, 15) is 24.0 Å². The molecule has 18 heteroatoms. The molecule has 5 aliphatic rings. The molecule has 5 heterocycles. The van der Waals surface area contributed by atoms with Gasteiger partial charge in [0.25, 0.3) is 23.6 Å². The summed E-state index contributed by atoms with van der Waals surface area (Å²) in [6.07, 6.45) is 5.36. The van der Waals surface area contributed by atoms with Gasteiger partial charge in [-0.1, -0.05) is 24.3 Å². The Hall–Kier alpha value is -7.15. The molecule has 0 aliphatic carbocycles. The summed E-state index contributed by atoms with van der Waals surface area (Å²) in [7, 11) is 1.54. The maximum Gasteiger partial charge on any atom is 0.335 e. The molecule has 0 N–H and O–H groups in total. The molecule has 1 fully saturated rings. The summed E-state index contributed by atoms with van der Waals surface area (Å²) >= 11 is 0. The van der Waals surface area contributed by atoms with Crippen LogP contribution < -0.4 is 28.7 Å². The Morgan fingerprint density at radius 3 is 2.02 bits per heavy atom. The van der Waals surface area contributed by atoms with E-state index in [2.05, 4.69) is 0 Å². The quantitative estimate of drug-likeness (QED) is 0.0627. The molecular weight excluding hydrogens is 855 g/mol. The summed E-state index contributed by atoms with van der Waals surface area (Å²) in [4.78, 5) is 80.6. The number of amides is 4. The number of aliphatic imine (C=N–C) groups is 2. The van der Waals surface area contributed by atoms with Gasteiger partial charge < -0.3 is 38.0 Å². The lowest BCUT2D eigenvalue weighted by Gasteiger charge is -2.22. The molecule has 2 atom stereocenters. The van der Waals surface area contributed by atoms with Crippen molar-refractivity contribution in [3.63, 3.8) is 0 Å². The van der Waals surface area contributed by atoms with Crippen LogP contribution in [-0.2, 0) is 46.3 Å².